The summed E-state index contributed by atoms with van der Waals surface area (Å²) in [5.41, 5.74) is 0.784. The molecule has 3 rings (SSSR count). The molecule has 1 aliphatic carbocycles. The number of thiazole rings is 1. The van der Waals surface area contributed by atoms with E-state index in [0.29, 0.717) is 12.5 Å². The van der Waals surface area contributed by atoms with E-state index in [2.05, 4.69) is 16.8 Å². The zero-order valence-electron chi connectivity index (χ0n) is 11.7. The molecule has 2 heterocycles. The van der Waals surface area contributed by atoms with Crippen molar-refractivity contribution < 1.29 is 4.79 Å². The van der Waals surface area contributed by atoms with Gasteiger partial charge in [0.15, 0.2) is 10.9 Å². The Balaban J connectivity index is 1.86. The third-order valence-corrected chi connectivity index (χ3v) is 5.40. The molecule has 1 saturated heterocycles. The first kappa shape index (κ1) is 13.1. The topological polar surface area (TPSA) is 33.2 Å². The van der Waals surface area contributed by atoms with Gasteiger partial charge >= 0.3 is 0 Å². The number of carbonyl (C=O) groups excluding carboxylic acids is 1. The highest BCUT2D eigenvalue weighted by Crippen LogP contribution is 2.35. The molecule has 1 aliphatic heterocycles. The van der Waals surface area contributed by atoms with Gasteiger partial charge in [0.25, 0.3) is 0 Å². The molecule has 104 valence electrons. The average molecular weight is 278 g/mol. The van der Waals surface area contributed by atoms with Gasteiger partial charge in [-0.2, -0.15) is 0 Å². The summed E-state index contributed by atoms with van der Waals surface area (Å²) in [6, 6.07) is 0.640. The predicted molar refractivity (Wildman–Crippen MR) is 79.3 cm³/mol. The number of aromatic nitrogens is 1. The van der Waals surface area contributed by atoms with E-state index in [9.17, 15) is 4.79 Å². The van der Waals surface area contributed by atoms with E-state index < -0.39 is 0 Å². The average Bonchev–Trinajstić information content (AvgIpc) is 2.85. The lowest BCUT2D eigenvalue weighted by molar-refractivity contribution is 0.0968. The van der Waals surface area contributed by atoms with Gasteiger partial charge in [0, 0.05) is 23.9 Å². The van der Waals surface area contributed by atoms with Crippen LogP contribution >= 0.6 is 11.3 Å². The molecule has 0 N–H and O–H groups in total. The predicted octanol–water partition coefficient (Wildman–Crippen LogP) is 3.82. The minimum absolute atomic E-state index is 0.257. The molecule has 4 heteroatoms. The Morgan fingerprint density at radius 3 is 3.00 bits per heavy atom. The largest absolute Gasteiger partial charge is 0.345 e. The number of nitrogens with zero attached hydrogens (tertiary/aromatic N) is 2. The molecular weight excluding hydrogens is 256 g/mol. The van der Waals surface area contributed by atoms with Crippen LogP contribution in [-0.4, -0.2) is 23.4 Å². The van der Waals surface area contributed by atoms with Crippen molar-refractivity contribution in [1.29, 1.82) is 0 Å². The van der Waals surface area contributed by atoms with Crippen molar-refractivity contribution in [3.05, 3.63) is 10.6 Å². The number of piperidine rings is 1. The van der Waals surface area contributed by atoms with E-state index in [1.165, 1.54) is 37.0 Å². The number of carbonyl (C=O) groups is 1. The third kappa shape index (κ3) is 2.55. The van der Waals surface area contributed by atoms with Gasteiger partial charge in [-0.1, -0.05) is 13.3 Å². The Bertz CT molecular complexity index is 467. The summed E-state index contributed by atoms with van der Waals surface area (Å²) in [6.45, 7) is 3.37. The second-order valence-electron chi connectivity index (χ2n) is 5.68. The van der Waals surface area contributed by atoms with Crippen LogP contribution in [0.25, 0.3) is 0 Å². The van der Waals surface area contributed by atoms with E-state index in [4.69, 9.17) is 0 Å². The molecule has 0 spiro atoms. The smallest absolute Gasteiger partial charge is 0.186 e. The second kappa shape index (κ2) is 5.61. The van der Waals surface area contributed by atoms with Gasteiger partial charge in [-0.3, -0.25) is 4.79 Å². The lowest BCUT2D eigenvalue weighted by Gasteiger charge is -2.35. The number of anilines is 1. The van der Waals surface area contributed by atoms with Crippen LogP contribution in [0.4, 0.5) is 5.13 Å². The minimum Gasteiger partial charge on any atom is -0.345 e. The Labute approximate surface area is 119 Å². The highest BCUT2D eigenvalue weighted by molar-refractivity contribution is 7.16. The fraction of sp³-hybridized carbons (Fsp3) is 0.733. The maximum absolute atomic E-state index is 11.9. The molecule has 1 atom stereocenters. The Morgan fingerprint density at radius 1 is 1.32 bits per heavy atom. The Morgan fingerprint density at radius 2 is 2.21 bits per heavy atom. The maximum atomic E-state index is 11.9. The number of Topliss-reactive ketones (excluding diaryl/α,β-unsaturated/α-hetero) is 1. The van der Waals surface area contributed by atoms with Gasteiger partial charge < -0.3 is 4.90 Å². The number of rotatable bonds is 3. The summed E-state index contributed by atoms with van der Waals surface area (Å²) in [5, 5.41) is 1.11. The van der Waals surface area contributed by atoms with Crippen LogP contribution in [0.3, 0.4) is 0 Å². The molecule has 0 aromatic carbocycles. The van der Waals surface area contributed by atoms with Gasteiger partial charge in [-0.25, -0.2) is 4.98 Å². The van der Waals surface area contributed by atoms with Gasteiger partial charge in [0.1, 0.15) is 5.69 Å². The summed E-state index contributed by atoms with van der Waals surface area (Å²) in [5.74, 6) is 0.257. The summed E-state index contributed by atoms with van der Waals surface area (Å²) >= 11 is 1.77. The molecule has 0 bridgehead atoms. The van der Waals surface area contributed by atoms with E-state index in [1.807, 2.05) is 0 Å². The van der Waals surface area contributed by atoms with Crippen molar-refractivity contribution in [1.82, 2.24) is 4.98 Å². The van der Waals surface area contributed by atoms with Crippen molar-refractivity contribution >= 4 is 22.3 Å². The molecule has 0 radical (unpaired) electrons. The number of ketones is 1. The van der Waals surface area contributed by atoms with Crippen LogP contribution in [0.1, 0.15) is 67.2 Å². The first-order valence-electron chi connectivity index (χ1n) is 7.59. The summed E-state index contributed by atoms with van der Waals surface area (Å²) < 4.78 is 0. The molecule has 3 nitrogen and oxygen atoms in total. The minimum atomic E-state index is 0.257. The van der Waals surface area contributed by atoms with Crippen molar-refractivity contribution in [3.63, 3.8) is 0 Å². The zero-order chi connectivity index (χ0) is 13.2. The molecule has 0 saturated carbocycles. The molecule has 1 aromatic heterocycles. The number of hydrogen-bond acceptors (Lipinski definition) is 4. The van der Waals surface area contributed by atoms with Gasteiger partial charge in [-0.15, -0.1) is 11.3 Å². The van der Waals surface area contributed by atoms with Crippen LogP contribution in [0, 0.1) is 0 Å². The Hall–Kier alpha value is -0.900. The first-order valence-corrected chi connectivity index (χ1v) is 8.40. The van der Waals surface area contributed by atoms with Gasteiger partial charge in [0.05, 0.1) is 0 Å². The molecule has 2 aliphatic rings. The lowest BCUT2D eigenvalue weighted by Crippen LogP contribution is -2.39. The van der Waals surface area contributed by atoms with E-state index >= 15 is 0 Å². The standard InChI is InChI=1S/C15H22N2OS/c1-2-6-11-7-3-4-10-17(11)15-16-14-12(18)8-5-9-13(14)19-15/h11H,2-10H2,1H3. The highest BCUT2D eigenvalue weighted by Gasteiger charge is 2.28. The SMILES string of the molecule is CCCC1CCCCN1c1nc2c(s1)CCCC2=O. The van der Waals surface area contributed by atoms with E-state index in [-0.39, 0.29) is 5.78 Å². The summed E-state index contributed by atoms with van der Waals surface area (Å²) in [7, 11) is 0. The normalized spacial score (nSPS) is 23.5. The second-order valence-corrected chi connectivity index (χ2v) is 6.74. The van der Waals surface area contributed by atoms with Crippen molar-refractivity contribution in [3.8, 4) is 0 Å². The molecule has 1 unspecified atom stereocenters. The zero-order valence-corrected chi connectivity index (χ0v) is 12.5. The van der Waals surface area contributed by atoms with Crippen molar-refractivity contribution in [2.45, 2.75) is 64.3 Å². The van der Waals surface area contributed by atoms with E-state index in [0.717, 1.165) is 30.2 Å². The van der Waals surface area contributed by atoms with Gasteiger partial charge in [0.2, 0.25) is 0 Å². The highest BCUT2D eigenvalue weighted by atomic mass is 32.1. The molecular formula is C15H22N2OS. The third-order valence-electron chi connectivity index (χ3n) is 4.25. The fourth-order valence-corrected chi connectivity index (χ4v) is 4.48. The molecule has 1 fully saturated rings. The maximum Gasteiger partial charge on any atom is 0.186 e. The summed E-state index contributed by atoms with van der Waals surface area (Å²) in [4.78, 5) is 20.3. The number of fused-ring (bicyclic) bond motifs is 1. The molecule has 0 amide bonds. The van der Waals surface area contributed by atoms with Crippen molar-refractivity contribution in [2.24, 2.45) is 0 Å². The fourth-order valence-electron chi connectivity index (χ4n) is 3.26. The number of aryl methyl sites for hydroxylation is 1. The Kier molecular flexibility index (Phi) is 3.87. The quantitative estimate of drug-likeness (QED) is 0.842. The summed E-state index contributed by atoms with van der Waals surface area (Å²) in [6.07, 6.45) is 9.10. The van der Waals surface area contributed by atoms with Crippen LogP contribution in [0.2, 0.25) is 0 Å². The van der Waals surface area contributed by atoms with E-state index in [1.54, 1.807) is 11.3 Å². The molecule has 1 aromatic rings. The first-order chi connectivity index (χ1) is 9.29. The van der Waals surface area contributed by atoms with Crippen LogP contribution in [-0.2, 0) is 6.42 Å². The lowest BCUT2D eigenvalue weighted by atomic mass is 9.99. The number of hydrogen-bond donors (Lipinski definition) is 0. The van der Waals surface area contributed by atoms with Crippen LogP contribution < -0.4 is 4.90 Å². The van der Waals surface area contributed by atoms with Crippen LogP contribution in [0.15, 0.2) is 0 Å². The van der Waals surface area contributed by atoms with Gasteiger partial charge in [-0.05, 0) is 38.5 Å². The molecule has 19 heavy (non-hydrogen) atoms. The monoisotopic (exact) mass is 278 g/mol. The van der Waals surface area contributed by atoms with Crippen LogP contribution in [0.5, 0.6) is 0 Å². The van der Waals surface area contributed by atoms with Crippen molar-refractivity contribution in [2.75, 3.05) is 11.4 Å².